The molecular weight excluding hydrogens is 265 g/mol. The van der Waals surface area contributed by atoms with Crippen LogP contribution in [0.25, 0.3) is 5.69 Å². The minimum atomic E-state index is -0.235. The number of halogens is 1. The van der Waals surface area contributed by atoms with Crippen LogP contribution in [0.5, 0.6) is 0 Å². The Hall–Kier alpha value is -1.68. The molecule has 1 saturated carbocycles. The summed E-state index contributed by atoms with van der Waals surface area (Å²) in [6, 6.07) is 7.45. The second-order valence-corrected chi connectivity index (χ2v) is 5.95. The quantitative estimate of drug-likeness (QED) is 0.924. The Bertz CT molecular complexity index is 614. The van der Waals surface area contributed by atoms with E-state index in [1.807, 2.05) is 23.9 Å². The van der Waals surface area contributed by atoms with Crippen molar-refractivity contribution in [3.8, 4) is 5.69 Å². The molecular formula is C17H22FN3. The molecule has 21 heavy (non-hydrogen) atoms. The number of aromatic nitrogens is 2. The minimum absolute atomic E-state index is 0.235. The van der Waals surface area contributed by atoms with Gasteiger partial charge >= 0.3 is 0 Å². The summed E-state index contributed by atoms with van der Waals surface area (Å²) >= 11 is 0. The maximum absolute atomic E-state index is 13.4. The fourth-order valence-corrected chi connectivity index (χ4v) is 3.25. The van der Waals surface area contributed by atoms with E-state index in [1.165, 1.54) is 43.4 Å². The van der Waals surface area contributed by atoms with Crippen molar-refractivity contribution in [2.24, 2.45) is 0 Å². The van der Waals surface area contributed by atoms with Gasteiger partial charge in [-0.2, -0.15) is 5.10 Å². The zero-order chi connectivity index (χ0) is 14.8. The Labute approximate surface area is 125 Å². The highest BCUT2D eigenvalue weighted by molar-refractivity contribution is 5.35. The monoisotopic (exact) mass is 287 g/mol. The molecule has 1 fully saturated rings. The molecule has 0 amide bonds. The first-order chi connectivity index (χ1) is 10.1. The standard InChI is InChI=1S/C17H22FN3/c1-12(20-15-7-3-4-8-15)17-11-19-21(13(17)2)16-9-5-6-14(18)10-16/h5-6,9-12,15,20H,3-4,7-8H2,1-2H3/t12-/m1/s1. The molecule has 1 aromatic heterocycles. The van der Waals surface area contributed by atoms with Gasteiger partial charge in [0.2, 0.25) is 0 Å². The molecule has 3 rings (SSSR count). The third kappa shape index (κ3) is 3.00. The van der Waals surface area contributed by atoms with Gasteiger partial charge in [-0.05, 0) is 44.9 Å². The fourth-order valence-electron chi connectivity index (χ4n) is 3.25. The molecule has 4 heteroatoms. The van der Waals surface area contributed by atoms with E-state index in [2.05, 4.69) is 17.3 Å². The molecule has 1 aromatic carbocycles. The molecule has 1 atom stereocenters. The van der Waals surface area contributed by atoms with Crippen molar-refractivity contribution >= 4 is 0 Å². The number of hydrogen-bond acceptors (Lipinski definition) is 2. The van der Waals surface area contributed by atoms with Gasteiger partial charge in [0.05, 0.1) is 11.9 Å². The maximum atomic E-state index is 13.4. The fraction of sp³-hybridized carbons (Fsp3) is 0.471. The predicted octanol–water partition coefficient (Wildman–Crippen LogP) is 3.91. The number of nitrogens with one attached hydrogen (secondary N) is 1. The van der Waals surface area contributed by atoms with Crippen LogP contribution in [0.1, 0.15) is 49.9 Å². The van der Waals surface area contributed by atoms with Gasteiger partial charge < -0.3 is 5.32 Å². The zero-order valence-corrected chi connectivity index (χ0v) is 12.6. The van der Waals surface area contributed by atoms with Crippen LogP contribution in [0.4, 0.5) is 4.39 Å². The van der Waals surface area contributed by atoms with E-state index in [4.69, 9.17) is 0 Å². The normalized spacial score (nSPS) is 17.3. The van der Waals surface area contributed by atoms with Crippen molar-refractivity contribution in [2.75, 3.05) is 0 Å². The van der Waals surface area contributed by atoms with Crippen LogP contribution in [-0.4, -0.2) is 15.8 Å². The smallest absolute Gasteiger partial charge is 0.125 e. The largest absolute Gasteiger partial charge is 0.307 e. The Balaban J connectivity index is 1.81. The van der Waals surface area contributed by atoms with Crippen LogP contribution in [0.2, 0.25) is 0 Å². The van der Waals surface area contributed by atoms with E-state index < -0.39 is 0 Å². The Morgan fingerprint density at radius 1 is 1.33 bits per heavy atom. The van der Waals surface area contributed by atoms with Crippen LogP contribution in [0.3, 0.4) is 0 Å². The summed E-state index contributed by atoms with van der Waals surface area (Å²) in [5.41, 5.74) is 3.02. The number of rotatable bonds is 4. The lowest BCUT2D eigenvalue weighted by Crippen LogP contribution is -2.29. The molecule has 1 heterocycles. The Morgan fingerprint density at radius 3 is 2.81 bits per heavy atom. The number of nitrogens with zero attached hydrogens (tertiary/aromatic N) is 2. The summed E-state index contributed by atoms with van der Waals surface area (Å²) in [5, 5.41) is 8.12. The van der Waals surface area contributed by atoms with Crippen molar-refractivity contribution in [1.29, 1.82) is 0 Å². The third-order valence-corrected chi connectivity index (χ3v) is 4.41. The molecule has 3 nitrogen and oxygen atoms in total. The Morgan fingerprint density at radius 2 is 2.10 bits per heavy atom. The molecule has 0 aliphatic heterocycles. The van der Waals surface area contributed by atoms with Crippen molar-refractivity contribution in [3.05, 3.63) is 47.5 Å². The number of benzene rings is 1. The summed E-state index contributed by atoms with van der Waals surface area (Å²) in [6.07, 6.45) is 7.08. The molecule has 112 valence electrons. The van der Waals surface area contributed by atoms with Gasteiger partial charge in [0.1, 0.15) is 5.82 Å². The third-order valence-electron chi connectivity index (χ3n) is 4.41. The van der Waals surface area contributed by atoms with Crippen LogP contribution >= 0.6 is 0 Å². The molecule has 0 spiro atoms. The lowest BCUT2D eigenvalue weighted by Gasteiger charge is -2.19. The first-order valence-electron chi connectivity index (χ1n) is 7.71. The molecule has 0 bridgehead atoms. The summed E-state index contributed by atoms with van der Waals surface area (Å²) in [7, 11) is 0. The van der Waals surface area contributed by atoms with E-state index in [-0.39, 0.29) is 11.9 Å². The summed E-state index contributed by atoms with van der Waals surface area (Å²) < 4.78 is 15.2. The van der Waals surface area contributed by atoms with Crippen molar-refractivity contribution in [2.45, 2.75) is 51.6 Å². The van der Waals surface area contributed by atoms with E-state index >= 15 is 0 Å². The predicted molar refractivity (Wildman–Crippen MR) is 82.1 cm³/mol. The lowest BCUT2D eigenvalue weighted by molar-refractivity contribution is 0.460. The van der Waals surface area contributed by atoms with Gasteiger partial charge in [-0.3, -0.25) is 0 Å². The summed E-state index contributed by atoms with van der Waals surface area (Å²) in [5.74, 6) is -0.235. The van der Waals surface area contributed by atoms with Crippen LogP contribution in [-0.2, 0) is 0 Å². The van der Waals surface area contributed by atoms with E-state index in [1.54, 1.807) is 6.07 Å². The van der Waals surface area contributed by atoms with E-state index in [0.29, 0.717) is 6.04 Å². The highest BCUT2D eigenvalue weighted by Crippen LogP contribution is 2.24. The van der Waals surface area contributed by atoms with Gasteiger partial charge in [0, 0.05) is 23.3 Å². The zero-order valence-electron chi connectivity index (χ0n) is 12.6. The van der Waals surface area contributed by atoms with Crippen molar-refractivity contribution in [3.63, 3.8) is 0 Å². The minimum Gasteiger partial charge on any atom is -0.307 e. The molecule has 0 radical (unpaired) electrons. The van der Waals surface area contributed by atoms with Gasteiger partial charge in [0.15, 0.2) is 0 Å². The molecule has 0 unspecified atom stereocenters. The van der Waals surface area contributed by atoms with E-state index in [0.717, 1.165) is 11.4 Å². The maximum Gasteiger partial charge on any atom is 0.125 e. The highest BCUT2D eigenvalue weighted by atomic mass is 19.1. The molecule has 1 aliphatic carbocycles. The van der Waals surface area contributed by atoms with Crippen molar-refractivity contribution in [1.82, 2.24) is 15.1 Å². The van der Waals surface area contributed by atoms with Gasteiger partial charge in [-0.15, -0.1) is 0 Å². The van der Waals surface area contributed by atoms with Crippen LogP contribution < -0.4 is 5.32 Å². The SMILES string of the molecule is Cc1c([C@@H](C)NC2CCCC2)cnn1-c1cccc(F)c1. The molecule has 1 N–H and O–H groups in total. The van der Waals surface area contributed by atoms with Crippen LogP contribution in [0.15, 0.2) is 30.5 Å². The van der Waals surface area contributed by atoms with E-state index in [9.17, 15) is 4.39 Å². The first kappa shape index (κ1) is 14.3. The molecule has 1 aliphatic rings. The van der Waals surface area contributed by atoms with Gasteiger partial charge in [-0.25, -0.2) is 9.07 Å². The number of hydrogen-bond donors (Lipinski definition) is 1. The van der Waals surface area contributed by atoms with Gasteiger partial charge in [-0.1, -0.05) is 18.9 Å². The second-order valence-electron chi connectivity index (χ2n) is 5.95. The van der Waals surface area contributed by atoms with Crippen LogP contribution in [0, 0.1) is 12.7 Å². The topological polar surface area (TPSA) is 29.9 Å². The summed E-state index contributed by atoms with van der Waals surface area (Å²) in [4.78, 5) is 0. The molecule has 2 aromatic rings. The Kier molecular flexibility index (Phi) is 4.06. The average molecular weight is 287 g/mol. The van der Waals surface area contributed by atoms with Crippen molar-refractivity contribution < 1.29 is 4.39 Å². The van der Waals surface area contributed by atoms with Gasteiger partial charge in [0.25, 0.3) is 0 Å². The highest BCUT2D eigenvalue weighted by Gasteiger charge is 2.20. The molecule has 0 saturated heterocycles. The first-order valence-corrected chi connectivity index (χ1v) is 7.71. The lowest BCUT2D eigenvalue weighted by atomic mass is 10.1. The second kappa shape index (κ2) is 5.98. The average Bonchev–Trinajstić information content (AvgIpc) is 3.08. The summed E-state index contributed by atoms with van der Waals surface area (Å²) in [6.45, 7) is 4.22.